The number of para-hydroxylation sites is 1. The molecule has 2 aliphatic rings. The van der Waals surface area contributed by atoms with Crippen molar-refractivity contribution in [3.05, 3.63) is 41.7 Å². The third-order valence-corrected chi connectivity index (χ3v) is 4.87. The number of imide groups is 1. The monoisotopic (exact) mass is 368 g/mol. The second kappa shape index (κ2) is 7.47. The van der Waals surface area contributed by atoms with Gasteiger partial charge < -0.3 is 5.11 Å². The number of aliphatic hydroxyl groups is 1. The van der Waals surface area contributed by atoms with Gasteiger partial charge in [-0.05, 0) is 29.9 Å². The highest BCUT2D eigenvalue weighted by atomic mass is 16.3. The van der Waals surface area contributed by atoms with Gasteiger partial charge in [0.05, 0.1) is 17.0 Å². The molecule has 2 N–H and O–H groups in total. The summed E-state index contributed by atoms with van der Waals surface area (Å²) in [6.45, 7) is 3.88. The van der Waals surface area contributed by atoms with Crippen molar-refractivity contribution < 1.29 is 19.5 Å². The first-order valence-corrected chi connectivity index (χ1v) is 9.14. The number of piperidine rings is 1. The Hall–Kier alpha value is -2.76. The topological polar surface area (TPSA) is 95.8 Å². The van der Waals surface area contributed by atoms with Gasteiger partial charge in [0.1, 0.15) is 5.76 Å². The Balaban J connectivity index is 1.98. The maximum Gasteiger partial charge on any atom is 0.226 e. The van der Waals surface area contributed by atoms with Crippen molar-refractivity contribution in [2.75, 3.05) is 0 Å². The molecule has 1 heterocycles. The first kappa shape index (κ1) is 19.0. The number of amides is 2. The molecule has 1 fully saturated rings. The van der Waals surface area contributed by atoms with E-state index < -0.39 is 0 Å². The van der Waals surface area contributed by atoms with Crippen molar-refractivity contribution in [3.8, 4) is 0 Å². The van der Waals surface area contributed by atoms with Gasteiger partial charge in [0, 0.05) is 25.7 Å². The summed E-state index contributed by atoms with van der Waals surface area (Å²) >= 11 is 0. The van der Waals surface area contributed by atoms with E-state index in [-0.39, 0.29) is 53.1 Å². The first-order chi connectivity index (χ1) is 12.7. The third-order valence-electron chi connectivity index (χ3n) is 4.87. The molecule has 0 unspecified atom stereocenters. The van der Waals surface area contributed by atoms with E-state index in [0.29, 0.717) is 30.7 Å². The first-order valence-electron chi connectivity index (χ1n) is 9.14. The summed E-state index contributed by atoms with van der Waals surface area (Å²) in [5, 5.41) is 12.9. The fourth-order valence-electron chi connectivity index (χ4n) is 3.75. The minimum Gasteiger partial charge on any atom is -0.511 e. The number of aliphatic imine (C=N–C) groups is 1. The maximum absolute atomic E-state index is 12.8. The number of hydrogen-bond acceptors (Lipinski definition) is 5. The number of Topliss-reactive ketones (excluding diaryl/α,β-unsaturated/α-hetero) is 1. The quantitative estimate of drug-likeness (QED) is 0.629. The molecule has 1 aromatic rings. The van der Waals surface area contributed by atoms with Crippen LogP contribution in [0.4, 0.5) is 5.69 Å². The Morgan fingerprint density at radius 1 is 1.11 bits per heavy atom. The van der Waals surface area contributed by atoms with Crippen molar-refractivity contribution >= 4 is 29.0 Å². The molecule has 142 valence electrons. The summed E-state index contributed by atoms with van der Waals surface area (Å²) in [5.41, 5.74) is 1.06. The average Bonchev–Trinajstić information content (AvgIpc) is 2.52. The zero-order valence-electron chi connectivity index (χ0n) is 15.6. The van der Waals surface area contributed by atoms with Crippen molar-refractivity contribution in [1.82, 2.24) is 5.32 Å². The number of carbonyl (C=O) groups is 3. The Morgan fingerprint density at radius 2 is 1.74 bits per heavy atom. The van der Waals surface area contributed by atoms with Crippen molar-refractivity contribution in [2.45, 2.75) is 46.0 Å². The second-order valence-electron chi connectivity index (χ2n) is 8.11. The van der Waals surface area contributed by atoms with Crippen LogP contribution < -0.4 is 5.32 Å². The zero-order valence-corrected chi connectivity index (χ0v) is 15.6. The SMILES string of the molecule is CC1(C)CC(=O)C(C(CC2CC(=O)NC(=O)C2)=Nc2ccccc2)=C(O)C1. The minimum atomic E-state index is -0.315. The van der Waals surface area contributed by atoms with Crippen molar-refractivity contribution in [2.24, 2.45) is 16.3 Å². The Kier molecular flexibility index (Phi) is 5.26. The van der Waals surface area contributed by atoms with Gasteiger partial charge in [-0.1, -0.05) is 32.0 Å². The van der Waals surface area contributed by atoms with Crippen LogP contribution in [0.5, 0.6) is 0 Å². The molecule has 0 atom stereocenters. The number of benzene rings is 1. The normalized spacial score (nSPS) is 21.4. The summed E-state index contributed by atoms with van der Waals surface area (Å²) in [4.78, 5) is 40.8. The van der Waals surface area contributed by atoms with Gasteiger partial charge in [0.25, 0.3) is 0 Å². The Labute approximate surface area is 158 Å². The Bertz CT molecular complexity index is 821. The maximum atomic E-state index is 12.8. The largest absolute Gasteiger partial charge is 0.511 e. The van der Waals surface area contributed by atoms with Gasteiger partial charge in [-0.3, -0.25) is 24.7 Å². The van der Waals surface area contributed by atoms with E-state index in [9.17, 15) is 19.5 Å². The number of rotatable bonds is 4. The lowest BCUT2D eigenvalue weighted by Gasteiger charge is -2.31. The van der Waals surface area contributed by atoms with Gasteiger partial charge in [0.15, 0.2) is 5.78 Å². The lowest BCUT2D eigenvalue weighted by Crippen LogP contribution is -2.39. The molecule has 1 aliphatic carbocycles. The lowest BCUT2D eigenvalue weighted by molar-refractivity contribution is -0.134. The average molecular weight is 368 g/mol. The molecule has 0 saturated carbocycles. The molecule has 1 aliphatic heterocycles. The number of nitrogens with zero attached hydrogens (tertiary/aromatic N) is 1. The summed E-state index contributed by atoms with van der Waals surface area (Å²) in [6.07, 6.45) is 1.41. The standard InChI is InChI=1S/C21H24N2O4/c1-21(2)11-16(24)20(17(25)12-21)15(22-14-6-4-3-5-7-14)8-13-9-18(26)23-19(27)10-13/h3-7,13,24H,8-12H2,1-2H3,(H,23,26,27). The number of hydrogen-bond donors (Lipinski definition) is 2. The van der Waals surface area contributed by atoms with Gasteiger partial charge in [-0.15, -0.1) is 0 Å². The van der Waals surface area contributed by atoms with Gasteiger partial charge >= 0.3 is 0 Å². The number of aliphatic hydroxyl groups excluding tert-OH is 1. The molecule has 6 heteroatoms. The van der Waals surface area contributed by atoms with E-state index >= 15 is 0 Å². The molecule has 0 aromatic heterocycles. The highest BCUT2D eigenvalue weighted by Gasteiger charge is 2.36. The molecule has 0 bridgehead atoms. The van der Waals surface area contributed by atoms with Gasteiger partial charge in [0.2, 0.25) is 11.8 Å². The number of ketones is 1. The van der Waals surface area contributed by atoms with Crippen LogP contribution in [0.1, 0.15) is 46.0 Å². The summed E-state index contributed by atoms with van der Waals surface area (Å²) in [5.74, 6) is -0.978. The smallest absolute Gasteiger partial charge is 0.226 e. The van der Waals surface area contributed by atoms with E-state index in [1.165, 1.54) is 0 Å². The molecule has 0 radical (unpaired) electrons. The van der Waals surface area contributed by atoms with Crippen LogP contribution in [0.3, 0.4) is 0 Å². The van der Waals surface area contributed by atoms with E-state index in [1.807, 2.05) is 44.2 Å². The number of carbonyl (C=O) groups excluding carboxylic acids is 3. The van der Waals surface area contributed by atoms with Crippen LogP contribution >= 0.6 is 0 Å². The molecule has 1 aromatic carbocycles. The van der Waals surface area contributed by atoms with Crippen LogP contribution in [0.2, 0.25) is 0 Å². The zero-order chi connectivity index (χ0) is 19.6. The Morgan fingerprint density at radius 3 is 2.33 bits per heavy atom. The molecular weight excluding hydrogens is 344 g/mol. The number of allylic oxidation sites excluding steroid dienone is 2. The van der Waals surface area contributed by atoms with Crippen LogP contribution in [-0.4, -0.2) is 28.4 Å². The highest BCUT2D eigenvalue weighted by molar-refractivity contribution is 6.24. The minimum absolute atomic E-state index is 0.0394. The number of nitrogens with one attached hydrogen (secondary N) is 1. The van der Waals surface area contributed by atoms with Crippen LogP contribution in [-0.2, 0) is 14.4 Å². The highest BCUT2D eigenvalue weighted by Crippen LogP contribution is 2.37. The fraction of sp³-hybridized carbons (Fsp3) is 0.429. The van der Waals surface area contributed by atoms with Crippen LogP contribution in [0.25, 0.3) is 0 Å². The second-order valence-corrected chi connectivity index (χ2v) is 8.11. The summed E-state index contributed by atoms with van der Waals surface area (Å²) in [7, 11) is 0. The molecular formula is C21H24N2O4. The predicted molar refractivity (Wildman–Crippen MR) is 102 cm³/mol. The van der Waals surface area contributed by atoms with E-state index in [0.717, 1.165) is 0 Å². The summed E-state index contributed by atoms with van der Waals surface area (Å²) in [6, 6.07) is 9.18. The van der Waals surface area contributed by atoms with E-state index in [2.05, 4.69) is 10.3 Å². The fourth-order valence-corrected chi connectivity index (χ4v) is 3.75. The van der Waals surface area contributed by atoms with Crippen molar-refractivity contribution in [3.63, 3.8) is 0 Å². The van der Waals surface area contributed by atoms with Crippen molar-refractivity contribution in [1.29, 1.82) is 0 Å². The molecule has 0 spiro atoms. The predicted octanol–water partition coefficient (Wildman–Crippen LogP) is 3.40. The van der Waals surface area contributed by atoms with Crippen LogP contribution in [0, 0.1) is 11.3 Å². The molecule has 3 rings (SSSR count). The molecule has 27 heavy (non-hydrogen) atoms. The van der Waals surface area contributed by atoms with Gasteiger partial charge in [-0.25, -0.2) is 0 Å². The van der Waals surface area contributed by atoms with E-state index in [4.69, 9.17) is 0 Å². The van der Waals surface area contributed by atoms with Crippen LogP contribution in [0.15, 0.2) is 46.7 Å². The van der Waals surface area contributed by atoms with E-state index in [1.54, 1.807) is 0 Å². The molecule has 6 nitrogen and oxygen atoms in total. The molecule has 2 amide bonds. The third kappa shape index (κ3) is 4.70. The molecule has 1 saturated heterocycles. The lowest BCUT2D eigenvalue weighted by atomic mass is 9.74. The summed E-state index contributed by atoms with van der Waals surface area (Å²) < 4.78 is 0. The van der Waals surface area contributed by atoms with Gasteiger partial charge in [-0.2, -0.15) is 0 Å².